The third kappa shape index (κ3) is 6.20. The Morgan fingerprint density at radius 1 is 0.462 bits per heavy atom. The van der Waals surface area contributed by atoms with Gasteiger partial charge in [-0.25, -0.2) is 0 Å². The second kappa shape index (κ2) is 14.6. The number of fused-ring (bicyclic) bond motifs is 7. The Balaban J connectivity index is 0.000000253. The summed E-state index contributed by atoms with van der Waals surface area (Å²) in [6, 6.07) is 69.7. The van der Waals surface area contributed by atoms with Gasteiger partial charge in [0.2, 0.25) is 0 Å². The molecule has 1 radical (unpaired) electrons. The van der Waals surface area contributed by atoms with Gasteiger partial charge in [-0.05, 0) is 63.3 Å². The SMILES string of the molecule is [Ir].[c-]1cc2c3ccccc3c3ccccc3c2cc1-c1nc2ccccc2n1-c1ccc(-c2ccccc2)cc1.[c-]1ccccc1-c1ccccn1. The van der Waals surface area contributed by atoms with Crippen molar-refractivity contribution in [2.75, 3.05) is 0 Å². The number of hydrogen-bond donors (Lipinski definition) is 0. The van der Waals surface area contributed by atoms with E-state index in [0.29, 0.717) is 0 Å². The molecule has 10 rings (SSSR count). The van der Waals surface area contributed by atoms with Gasteiger partial charge in [0, 0.05) is 32.0 Å². The molecule has 0 unspecified atom stereocenters. The fourth-order valence-electron chi connectivity index (χ4n) is 6.95. The summed E-state index contributed by atoms with van der Waals surface area (Å²) >= 11 is 0. The first-order chi connectivity index (χ1) is 25.3. The minimum absolute atomic E-state index is 0. The van der Waals surface area contributed by atoms with Gasteiger partial charge in [-0.1, -0.05) is 131 Å². The fourth-order valence-corrected chi connectivity index (χ4v) is 6.95. The van der Waals surface area contributed by atoms with Crippen molar-refractivity contribution in [1.82, 2.24) is 14.5 Å². The van der Waals surface area contributed by atoms with Crippen LogP contribution in [0.4, 0.5) is 0 Å². The topological polar surface area (TPSA) is 30.7 Å². The molecule has 10 aromatic rings. The maximum Gasteiger partial charge on any atom is 0.0774 e. The largest absolute Gasteiger partial charge is 0.333 e. The smallest absolute Gasteiger partial charge is 0.0774 e. The quantitative estimate of drug-likeness (QED) is 0.131. The van der Waals surface area contributed by atoms with Crippen LogP contribution in [0, 0.1) is 12.1 Å². The van der Waals surface area contributed by atoms with Crippen molar-refractivity contribution in [1.29, 1.82) is 0 Å². The fraction of sp³-hybridized carbons (Fsp3) is 0. The van der Waals surface area contributed by atoms with Crippen LogP contribution in [0.15, 0.2) is 188 Å². The van der Waals surface area contributed by atoms with E-state index in [1.54, 1.807) is 6.20 Å². The number of rotatable bonds is 4. The molecule has 2 aromatic heterocycles. The Morgan fingerprint density at radius 3 is 1.77 bits per heavy atom. The Hall–Kier alpha value is -6.19. The number of hydrogen-bond acceptors (Lipinski definition) is 2. The number of para-hydroxylation sites is 2. The van der Waals surface area contributed by atoms with Crippen LogP contribution in [0.25, 0.3) is 82.8 Å². The molecule has 0 aliphatic rings. The molecule has 0 bridgehead atoms. The van der Waals surface area contributed by atoms with Crippen molar-refractivity contribution < 1.29 is 20.1 Å². The second-order valence-corrected chi connectivity index (χ2v) is 12.4. The number of nitrogens with zero attached hydrogens (tertiary/aromatic N) is 3. The number of benzene rings is 8. The summed E-state index contributed by atoms with van der Waals surface area (Å²) in [5.41, 5.74) is 8.52. The average molecular weight is 842 g/mol. The molecule has 0 fully saturated rings. The molecule has 0 spiro atoms. The van der Waals surface area contributed by atoms with Crippen molar-refractivity contribution in [3.63, 3.8) is 0 Å². The average Bonchev–Trinajstić information content (AvgIpc) is 3.62. The Kier molecular flexibility index (Phi) is 9.25. The minimum Gasteiger partial charge on any atom is -0.333 e. The van der Waals surface area contributed by atoms with Crippen molar-refractivity contribution in [2.24, 2.45) is 0 Å². The molecule has 8 aromatic carbocycles. The van der Waals surface area contributed by atoms with Gasteiger partial charge in [0.1, 0.15) is 0 Å². The number of imidazole rings is 1. The van der Waals surface area contributed by atoms with Gasteiger partial charge >= 0.3 is 0 Å². The number of pyridine rings is 1. The summed E-state index contributed by atoms with van der Waals surface area (Å²) in [5.74, 6) is 0.891. The first-order valence-electron chi connectivity index (χ1n) is 17.1. The zero-order chi connectivity index (χ0) is 34.0. The standard InChI is InChI=1S/C37H23N2.C11H8N.Ir/c1-2-10-25(11-3-1)26-18-21-28(22-19-26)39-36-17-9-8-16-35(36)38-37(39)27-20-23-33-31-14-5-4-12-29(31)30-13-6-7-15-32(30)34(33)24-27;1-2-6-10(7-3-1)11-8-4-5-9-12-11;/h1-19,21-24H;1-6,8-9H;/q2*-1;. The predicted octanol–water partition coefficient (Wildman–Crippen LogP) is 12.2. The van der Waals surface area contributed by atoms with E-state index in [4.69, 9.17) is 4.98 Å². The molecule has 0 saturated heterocycles. The molecule has 0 N–H and O–H groups in total. The zero-order valence-corrected chi connectivity index (χ0v) is 30.5. The van der Waals surface area contributed by atoms with Crippen LogP contribution >= 0.6 is 0 Å². The first kappa shape index (κ1) is 33.0. The normalized spacial score (nSPS) is 10.9. The molecular weight excluding hydrogens is 811 g/mol. The van der Waals surface area contributed by atoms with Gasteiger partial charge in [-0.3, -0.25) is 4.98 Å². The zero-order valence-electron chi connectivity index (χ0n) is 28.1. The van der Waals surface area contributed by atoms with Crippen molar-refractivity contribution in [2.45, 2.75) is 0 Å². The minimum atomic E-state index is 0. The van der Waals surface area contributed by atoms with E-state index in [0.717, 1.165) is 39.4 Å². The van der Waals surface area contributed by atoms with E-state index in [9.17, 15) is 0 Å². The van der Waals surface area contributed by atoms with Crippen LogP contribution in [0.5, 0.6) is 0 Å². The third-order valence-corrected chi connectivity index (χ3v) is 9.36. The van der Waals surface area contributed by atoms with Gasteiger partial charge < -0.3 is 9.55 Å². The van der Waals surface area contributed by atoms with Crippen molar-refractivity contribution in [3.05, 3.63) is 200 Å². The predicted molar refractivity (Wildman–Crippen MR) is 212 cm³/mol. The maximum atomic E-state index is 5.12. The van der Waals surface area contributed by atoms with Gasteiger partial charge in [0.25, 0.3) is 0 Å². The van der Waals surface area contributed by atoms with E-state index >= 15 is 0 Å². The molecule has 2 heterocycles. The maximum absolute atomic E-state index is 5.12. The summed E-state index contributed by atoms with van der Waals surface area (Å²) in [6.45, 7) is 0. The first-order valence-corrected chi connectivity index (χ1v) is 17.1. The Morgan fingerprint density at radius 2 is 1.08 bits per heavy atom. The van der Waals surface area contributed by atoms with Crippen molar-refractivity contribution in [3.8, 4) is 39.5 Å². The molecule has 0 aliphatic heterocycles. The molecule has 0 aliphatic carbocycles. The third-order valence-electron chi connectivity index (χ3n) is 9.36. The van der Waals surface area contributed by atoms with Crippen LogP contribution in [0.1, 0.15) is 0 Å². The summed E-state index contributed by atoms with van der Waals surface area (Å²) in [7, 11) is 0. The molecule has 249 valence electrons. The van der Waals surface area contributed by atoms with E-state index in [2.05, 4.69) is 149 Å². The molecule has 3 nitrogen and oxygen atoms in total. The van der Waals surface area contributed by atoms with E-state index < -0.39 is 0 Å². The summed E-state index contributed by atoms with van der Waals surface area (Å²) in [6.07, 6.45) is 1.79. The summed E-state index contributed by atoms with van der Waals surface area (Å²) in [5, 5.41) is 7.46. The van der Waals surface area contributed by atoms with Crippen LogP contribution in [-0.2, 0) is 20.1 Å². The molecule has 0 atom stereocenters. The van der Waals surface area contributed by atoms with E-state index in [1.807, 2.05) is 54.6 Å². The van der Waals surface area contributed by atoms with Gasteiger partial charge in [0.05, 0.1) is 16.9 Å². The monoisotopic (exact) mass is 842 g/mol. The molecule has 4 heteroatoms. The Bertz CT molecular complexity index is 2700. The van der Waals surface area contributed by atoms with Gasteiger partial charge in [0.15, 0.2) is 0 Å². The molecule has 0 amide bonds. The molecule has 52 heavy (non-hydrogen) atoms. The van der Waals surface area contributed by atoms with E-state index in [1.165, 1.54) is 43.4 Å². The number of aromatic nitrogens is 3. The van der Waals surface area contributed by atoms with Crippen LogP contribution in [0.3, 0.4) is 0 Å². The summed E-state index contributed by atoms with van der Waals surface area (Å²) in [4.78, 5) is 9.34. The van der Waals surface area contributed by atoms with Crippen LogP contribution < -0.4 is 0 Å². The Labute approximate surface area is 316 Å². The van der Waals surface area contributed by atoms with Gasteiger partial charge in [-0.15, -0.1) is 59.7 Å². The van der Waals surface area contributed by atoms with Crippen LogP contribution in [-0.4, -0.2) is 14.5 Å². The molecule has 0 saturated carbocycles. The van der Waals surface area contributed by atoms with Crippen LogP contribution in [0.2, 0.25) is 0 Å². The van der Waals surface area contributed by atoms with E-state index in [-0.39, 0.29) is 20.1 Å². The second-order valence-electron chi connectivity index (χ2n) is 12.4. The van der Waals surface area contributed by atoms with Crippen molar-refractivity contribution >= 4 is 43.4 Å². The molecular formula is C48H31IrN3-2. The summed E-state index contributed by atoms with van der Waals surface area (Å²) < 4.78 is 2.25. The van der Waals surface area contributed by atoms with Gasteiger partial charge in [-0.2, -0.15) is 0 Å².